The third-order valence-corrected chi connectivity index (χ3v) is 6.28. The van der Waals surface area contributed by atoms with Crippen molar-refractivity contribution in [2.75, 3.05) is 6.54 Å². The van der Waals surface area contributed by atoms with E-state index in [-0.39, 0.29) is 11.4 Å². The molecule has 5 heteroatoms. The lowest BCUT2D eigenvalue weighted by atomic mass is 10.0. The minimum Gasteiger partial charge on any atom is -0.329 e. The summed E-state index contributed by atoms with van der Waals surface area (Å²) in [4.78, 5) is 0.227. The smallest absolute Gasteiger partial charge is 0.186 e. The molecule has 0 saturated heterocycles. The fourth-order valence-corrected chi connectivity index (χ4v) is 4.50. The second-order valence-corrected chi connectivity index (χ2v) is 7.86. The summed E-state index contributed by atoms with van der Waals surface area (Å²) in [5.74, 6) is 0. The Morgan fingerprint density at radius 1 is 0.913 bits per heavy atom. The maximum atomic E-state index is 13.0. The molecular weight excluding hydrogens is 330 g/mol. The molecule has 0 bridgehead atoms. The first-order valence-electron chi connectivity index (χ1n) is 7.21. The zero-order chi connectivity index (χ0) is 16.4. The van der Waals surface area contributed by atoms with Crippen LogP contribution in [0.3, 0.4) is 0 Å². The topological polar surface area (TPSA) is 60.2 Å². The van der Waals surface area contributed by atoms with Crippen molar-refractivity contribution in [3.05, 3.63) is 77.3 Å². The number of fused-ring (bicyclic) bond motifs is 1. The normalized spacial score (nSPS) is 13.1. The van der Waals surface area contributed by atoms with Crippen LogP contribution in [0.4, 0.5) is 0 Å². The molecule has 0 radical (unpaired) electrons. The molecule has 0 fully saturated rings. The molecular formula is C18H16ClNO2S. The van der Waals surface area contributed by atoms with Crippen LogP contribution in [0.25, 0.3) is 10.8 Å². The number of nitrogens with two attached hydrogens (primary N) is 1. The molecule has 23 heavy (non-hydrogen) atoms. The molecule has 3 nitrogen and oxygen atoms in total. The number of sulfone groups is 1. The molecule has 3 rings (SSSR count). The molecule has 0 heterocycles. The van der Waals surface area contributed by atoms with Gasteiger partial charge in [0, 0.05) is 11.6 Å². The first-order valence-corrected chi connectivity index (χ1v) is 9.13. The average molecular weight is 346 g/mol. The Hall–Kier alpha value is -1.88. The van der Waals surface area contributed by atoms with Crippen molar-refractivity contribution in [2.45, 2.75) is 10.1 Å². The van der Waals surface area contributed by atoms with Gasteiger partial charge < -0.3 is 5.73 Å². The Labute approximate surface area is 140 Å². The van der Waals surface area contributed by atoms with Crippen LogP contribution in [0.5, 0.6) is 0 Å². The molecule has 0 aromatic heterocycles. The van der Waals surface area contributed by atoms with E-state index in [1.54, 1.807) is 12.1 Å². The number of halogens is 1. The molecule has 0 aliphatic carbocycles. The van der Waals surface area contributed by atoms with Crippen LogP contribution in [0.15, 0.2) is 71.6 Å². The third kappa shape index (κ3) is 2.98. The number of benzene rings is 3. The fraction of sp³-hybridized carbons (Fsp3) is 0.111. The van der Waals surface area contributed by atoms with Crippen LogP contribution in [-0.4, -0.2) is 15.0 Å². The Kier molecular flexibility index (Phi) is 4.39. The van der Waals surface area contributed by atoms with Gasteiger partial charge in [0.05, 0.1) is 4.90 Å². The summed E-state index contributed by atoms with van der Waals surface area (Å²) >= 11 is 5.85. The monoisotopic (exact) mass is 345 g/mol. The predicted molar refractivity (Wildman–Crippen MR) is 94.4 cm³/mol. The van der Waals surface area contributed by atoms with E-state index in [1.165, 1.54) is 12.1 Å². The van der Waals surface area contributed by atoms with Crippen LogP contribution < -0.4 is 5.73 Å². The molecule has 0 saturated carbocycles. The Morgan fingerprint density at radius 3 is 2.26 bits per heavy atom. The highest BCUT2D eigenvalue weighted by Crippen LogP contribution is 2.33. The van der Waals surface area contributed by atoms with Gasteiger partial charge in [-0.15, -0.1) is 0 Å². The predicted octanol–water partition coefficient (Wildman–Crippen LogP) is 3.97. The van der Waals surface area contributed by atoms with Gasteiger partial charge in [0.2, 0.25) is 0 Å². The summed E-state index contributed by atoms with van der Waals surface area (Å²) in [6.45, 7) is 0.0129. The highest BCUT2D eigenvalue weighted by Gasteiger charge is 2.29. The standard InChI is InChI=1S/C18H16ClNO2S/c19-14-8-10-15(11-9-14)23(21,22)18(12-20)17-7-3-5-13-4-1-2-6-16(13)17/h1-11,18H,12,20H2/t18-/m0/s1. The Balaban J connectivity index is 2.17. The molecule has 0 unspecified atom stereocenters. The molecule has 3 aromatic rings. The van der Waals surface area contributed by atoms with E-state index in [4.69, 9.17) is 17.3 Å². The molecule has 0 aliphatic rings. The van der Waals surface area contributed by atoms with E-state index in [0.717, 1.165) is 16.3 Å². The lowest BCUT2D eigenvalue weighted by molar-refractivity contribution is 0.583. The average Bonchev–Trinajstić information content (AvgIpc) is 2.56. The molecule has 0 amide bonds. The van der Waals surface area contributed by atoms with Crippen molar-refractivity contribution in [2.24, 2.45) is 5.73 Å². The van der Waals surface area contributed by atoms with Crippen LogP contribution in [0.2, 0.25) is 5.02 Å². The lowest BCUT2D eigenvalue weighted by Gasteiger charge is -2.18. The van der Waals surface area contributed by atoms with Crippen LogP contribution >= 0.6 is 11.6 Å². The van der Waals surface area contributed by atoms with E-state index in [2.05, 4.69) is 0 Å². The zero-order valence-electron chi connectivity index (χ0n) is 12.3. The molecule has 0 aliphatic heterocycles. The van der Waals surface area contributed by atoms with E-state index < -0.39 is 15.1 Å². The quantitative estimate of drug-likeness (QED) is 0.778. The summed E-state index contributed by atoms with van der Waals surface area (Å²) in [5.41, 5.74) is 6.57. The maximum absolute atomic E-state index is 13.0. The van der Waals surface area contributed by atoms with Gasteiger partial charge in [0.25, 0.3) is 0 Å². The van der Waals surface area contributed by atoms with Crippen molar-refractivity contribution < 1.29 is 8.42 Å². The minimum atomic E-state index is -3.60. The van der Waals surface area contributed by atoms with Gasteiger partial charge >= 0.3 is 0 Å². The van der Waals surface area contributed by atoms with Gasteiger partial charge in [-0.05, 0) is 40.6 Å². The molecule has 0 spiro atoms. The largest absolute Gasteiger partial charge is 0.329 e. The molecule has 1 atom stereocenters. The van der Waals surface area contributed by atoms with Crippen LogP contribution in [0.1, 0.15) is 10.8 Å². The van der Waals surface area contributed by atoms with E-state index in [1.807, 2.05) is 42.5 Å². The van der Waals surface area contributed by atoms with Gasteiger partial charge in [-0.1, -0.05) is 54.1 Å². The van der Waals surface area contributed by atoms with Crippen molar-refractivity contribution in [1.29, 1.82) is 0 Å². The first-order chi connectivity index (χ1) is 11.0. The highest BCUT2D eigenvalue weighted by atomic mass is 35.5. The zero-order valence-corrected chi connectivity index (χ0v) is 13.9. The van der Waals surface area contributed by atoms with Crippen LogP contribution in [-0.2, 0) is 9.84 Å². The highest BCUT2D eigenvalue weighted by molar-refractivity contribution is 7.91. The van der Waals surface area contributed by atoms with Gasteiger partial charge in [-0.25, -0.2) is 8.42 Å². The second-order valence-electron chi connectivity index (χ2n) is 5.29. The SMILES string of the molecule is NC[C@@H](c1cccc2ccccc12)S(=O)(=O)c1ccc(Cl)cc1. The minimum absolute atomic E-state index is 0.0129. The van der Waals surface area contributed by atoms with Gasteiger partial charge in [0.15, 0.2) is 9.84 Å². The van der Waals surface area contributed by atoms with Crippen LogP contribution in [0, 0.1) is 0 Å². The van der Waals surface area contributed by atoms with Gasteiger partial charge in [-0.2, -0.15) is 0 Å². The van der Waals surface area contributed by atoms with E-state index in [9.17, 15) is 8.42 Å². The van der Waals surface area contributed by atoms with E-state index in [0.29, 0.717) is 5.02 Å². The summed E-state index contributed by atoms with van der Waals surface area (Å²) in [6, 6.07) is 19.5. The van der Waals surface area contributed by atoms with Crippen molar-refractivity contribution >= 4 is 32.2 Å². The summed E-state index contributed by atoms with van der Waals surface area (Å²) < 4.78 is 26.0. The summed E-state index contributed by atoms with van der Waals surface area (Å²) in [5, 5.41) is 1.60. The van der Waals surface area contributed by atoms with Gasteiger partial charge in [0.1, 0.15) is 5.25 Å². The second kappa shape index (κ2) is 6.32. The Bertz CT molecular complexity index is 931. The number of hydrogen-bond donors (Lipinski definition) is 1. The van der Waals surface area contributed by atoms with Crippen molar-refractivity contribution in [3.63, 3.8) is 0 Å². The van der Waals surface area contributed by atoms with Crippen molar-refractivity contribution in [1.82, 2.24) is 0 Å². The number of rotatable bonds is 4. The van der Waals surface area contributed by atoms with E-state index >= 15 is 0 Å². The first kappa shape index (κ1) is 16.0. The Morgan fingerprint density at radius 2 is 1.57 bits per heavy atom. The molecule has 3 aromatic carbocycles. The molecule has 2 N–H and O–H groups in total. The fourth-order valence-electron chi connectivity index (χ4n) is 2.74. The maximum Gasteiger partial charge on any atom is 0.186 e. The summed E-state index contributed by atoms with van der Waals surface area (Å²) in [6.07, 6.45) is 0. The molecule has 118 valence electrons. The van der Waals surface area contributed by atoms with Crippen molar-refractivity contribution in [3.8, 4) is 0 Å². The lowest BCUT2D eigenvalue weighted by Crippen LogP contribution is -2.22. The third-order valence-electron chi connectivity index (χ3n) is 3.90. The van der Waals surface area contributed by atoms with Gasteiger partial charge in [-0.3, -0.25) is 0 Å². The summed E-state index contributed by atoms with van der Waals surface area (Å²) in [7, 11) is -3.60. The number of hydrogen-bond acceptors (Lipinski definition) is 3.